The zero-order valence-corrected chi connectivity index (χ0v) is 15.3. The van der Waals surface area contributed by atoms with Crippen molar-refractivity contribution < 1.29 is 14.3 Å². The Labute approximate surface area is 140 Å². The molecule has 0 aliphatic rings. The number of ether oxygens (including phenoxy) is 2. The van der Waals surface area contributed by atoms with E-state index in [-0.39, 0.29) is 6.09 Å². The number of alkyl carbamates (subject to hydrolysis) is 1. The van der Waals surface area contributed by atoms with E-state index in [9.17, 15) is 4.79 Å². The number of unbranched alkanes of at least 4 members (excludes halogenated alkanes) is 1. The summed E-state index contributed by atoms with van der Waals surface area (Å²) in [7, 11) is 1.74. The Hall–Kier alpha value is -1.50. The van der Waals surface area contributed by atoms with Crippen LogP contribution in [0.5, 0.6) is 0 Å². The van der Waals surface area contributed by atoms with Crippen molar-refractivity contribution in [2.24, 2.45) is 4.99 Å². The van der Waals surface area contributed by atoms with Gasteiger partial charge in [0.15, 0.2) is 5.96 Å². The van der Waals surface area contributed by atoms with Gasteiger partial charge in [-0.25, -0.2) is 4.79 Å². The van der Waals surface area contributed by atoms with Crippen molar-refractivity contribution >= 4 is 12.1 Å². The first kappa shape index (κ1) is 21.5. The normalized spacial score (nSPS) is 12.0. The Bertz CT molecular complexity index is 341. The molecule has 0 radical (unpaired) electrons. The topological polar surface area (TPSA) is 84.0 Å². The molecule has 7 nitrogen and oxygen atoms in total. The fourth-order valence-corrected chi connectivity index (χ4v) is 1.70. The van der Waals surface area contributed by atoms with Gasteiger partial charge in [-0.2, -0.15) is 0 Å². The molecule has 0 saturated carbocycles. The molecule has 0 aliphatic carbocycles. The molecule has 7 heteroatoms. The Balaban J connectivity index is 3.59. The van der Waals surface area contributed by atoms with Crippen molar-refractivity contribution in [1.29, 1.82) is 0 Å². The largest absolute Gasteiger partial charge is 0.444 e. The Morgan fingerprint density at radius 1 is 1.00 bits per heavy atom. The van der Waals surface area contributed by atoms with Crippen LogP contribution in [0.25, 0.3) is 0 Å². The van der Waals surface area contributed by atoms with Gasteiger partial charge in [0.05, 0.1) is 0 Å². The molecule has 0 spiro atoms. The molecule has 0 aliphatic heterocycles. The van der Waals surface area contributed by atoms with Crippen LogP contribution in [0.3, 0.4) is 0 Å². The number of carbonyl (C=O) groups is 1. The minimum atomic E-state index is -0.462. The first-order chi connectivity index (χ1) is 10.9. The van der Waals surface area contributed by atoms with Gasteiger partial charge in [-0.1, -0.05) is 0 Å². The Morgan fingerprint density at radius 3 is 2.17 bits per heavy atom. The summed E-state index contributed by atoms with van der Waals surface area (Å²) >= 11 is 0. The van der Waals surface area contributed by atoms with Crippen LogP contribution in [0.15, 0.2) is 4.99 Å². The van der Waals surface area contributed by atoms with Gasteiger partial charge in [-0.15, -0.1) is 0 Å². The van der Waals surface area contributed by atoms with Crippen molar-refractivity contribution in [1.82, 2.24) is 16.0 Å². The van der Waals surface area contributed by atoms with Gasteiger partial charge in [-0.3, -0.25) is 4.99 Å². The molecular formula is C16H34N4O3. The van der Waals surface area contributed by atoms with Gasteiger partial charge >= 0.3 is 6.09 Å². The van der Waals surface area contributed by atoms with Crippen LogP contribution in [0, 0.1) is 0 Å². The molecule has 0 atom stereocenters. The molecule has 0 saturated heterocycles. The summed E-state index contributed by atoms with van der Waals surface area (Å²) in [4.78, 5) is 15.6. The highest BCUT2D eigenvalue weighted by Crippen LogP contribution is 2.06. The smallest absolute Gasteiger partial charge is 0.407 e. The molecule has 0 rings (SSSR count). The van der Waals surface area contributed by atoms with Gasteiger partial charge in [0.2, 0.25) is 0 Å². The van der Waals surface area contributed by atoms with Crippen LogP contribution in [0.1, 0.15) is 47.0 Å². The zero-order valence-electron chi connectivity index (χ0n) is 15.3. The molecule has 1 amide bonds. The standard InChI is InChI=1S/C16H34N4O3/c1-6-22-13-8-7-10-18-14(17-5)19-11-9-12-20-15(21)23-16(2,3)4/h6-13H2,1-5H3,(H,20,21)(H2,17,18,19). The van der Waals surface area contributed by atoms with Gasteiger partial charge in [0.25, 0.3) is 0 Å². The van der Waals surface area contributed by atoms with Crippen LogP contribution < -0.4 is 16.0 Å². The van der Waals surface area contributed by atoms with E-state index in [1.807, 2.05) is 27.7 Å². The monoisotopic (exact) mass is 330 g/mol. The van der Waals surface area contributed by atoms with Crippen molar-refractivity contribution in [3.05, 3.63) is 0 Å². The number of amides is 1. The average molecular weight is 330 g/mol. The van der Waals surface area contributed by atoms with Crippen LogP contribution in [-0.4, -0.2) is 57.5 Å². The van der Waals surface area contributed by atoms with Crippen LogP contribution >= 0.6 is 0 Å². The minimum absolute atomic E-state index is 0.380. The van der Waals surface area contributed by atoms with Gasteiger partial charge in [-0.05, 0) is 47.0 Å². The minimum Gasteiger partial charge on any atom is -0.444 e. The lowest BCUT2D eigenvalue weighted by Gasteiger charge is -2.19. The second-order valence-corrected chi connectivity index (χ2v) is 6.11. The van der Waals surface area contributed by atoms with Crippen LogP contribution in [-0.2, 0) is 9.47 Å². The molecular weight excluding hydrogens is 296 g/mol. The summed E-state index contributed by atoms with van der Waals surface area (Å²) < 4.78 is 10.5. The SMILES string of the molecule is CCOCCCCNC(=NC)NCCCNC(=O)OC(C)(C)C. The number of aliphatic imine (C=N–C) groups is 1. The highest BCUT2D eigenvalue weighted by atomic mass is 16.6. The van der Waals surface area contributed by atoms with E-state index in [0.717, 1.165) is 51.5 Å². The van der Waals surface area contributed by atoms with Crippen LogP contribution in [0.4, 0.5) is 4.79 Å². The van der Waals surface area contributed by atoms with Crippen molar-refractivity contribution in [3.63, 3.8) is 0 Å². The summed E-state index contributed by atoms with van der Waals surface area (Å²) in [6.07, 6.45) is 2.50. The zero-order chi connectivity index (χ0) is 17.6. The van der Waals surface area contributed by atoms with E-state index < -0.39 is 5.60 Å². The predicted octanol–water partition coefficient (Wildman–Crippen LogP) is 1.88. The second kappa shape index (κ2) is 13.0. The highest BCUT2D eigenvalue weighted by molar-refractivity contribution is 5.79. The molecule has 136 valence electrons. The molecule has 23 heavy (non-hydrogen) atoms. The van der Waals surface area contributed by atoms with E-state index >= 15 is 0 Å². The summed E-state index contributed by atoms with van der Waals surface area (Å²) in [5, 5.41) is 9.18. The maximum atomic E-state index is 11.5. The van der Waals surface area contributed by atoms with E-state index in [1.165, 1.54) is 0 Å². The maximum absolute atomic E-state index is 11.5. The lowest BCUT2D eigenvalue weighted by atomic mass is 10.2. The van der Waals surface area contributed by atoms with E-state index in [0.29, 0.717) is 6.54 Å². The van der Waals surface area contributed by atoms with Crippen molar-refractivity contribution in [2.45, 2.75) is 52.6 Å². The fourth-order valence-electron chi connectivity index (χ4n) is 1.70. The maximum Gasteiger partial charge on any atom is 0.407 e. The lowest BCUT2D eigenvalue weighted by Crippen LogP contribution is -2.39. The first-order valence-corrected chi connectivity index (χ1v) is 8.38. The summed E-state index contributed by atoms with van der Waals surface area (Å²) in [6, 6.07) is 0. The Morgan fingerprint density at radius 2 is 1.61 bits per heavy atom. The van der Waals surface area contributed by atoms with Crippen molar-refractivity contribution in [3.8, 4) is 0 Å². The van der Waals surface area contributed by atoms with E-state index in [2.05, 4.69) is 20.9 Å². The van der Waals surface area contributed by atoms with Gasteiger partial charge in [0, 0.05) is 39.9 Å². The van der Waals surface area contributed by atoms with Gasteiger partial charge in [0.1, 0.15) is 5.60 Å². The predicted molar refractivity (Wildman–Crippen MR) is 93.9 cm³/mol. The third-order valence-corrected chi connectivity index (χ3v) is 2.75. The molecule has 0 aromatic heterocycles. The quantitative estimate of drug-likeness (QED) is 0.324. The number of nitrogens with one attached hydrogen (secondary N) is 3. The van der Waals surface area contributed by atoms with Gasteiger partial charge < -0.3 is 25.4 Å². The molecule has 0 aromatic rings. The third-order valence-electron chi connectivity index (χ3n) is 2.75. The summed E-state index contributed by atoms with van der Waals surface area (Å²) in [5.41, 5.74) is -0.462. The molecule has 0 bridgehead atoms. The molecule has 0 heterocycles. The number of carbonyl (C=O) groups excluding carboxylic acids is 1. The number of hydrogen-bond donors (Lipinski definition) is 3. The summed E-state index contributed by atoms with van der Waals surface area (Å²) in [6.45, 7) is 11.3. The fraction of sp³-hybridized carbons (Fsp3) is 0.875. The first-order valence-electron chi connectivity index (χ1n) is 8.38. The number of rotatable bonds is 10. The lowest BCUT2D eigenvalue weighted by molar-refractivity contribution is 0.0527. The number of guanidine groups is 1. The van der Waals surface area contributed by atoms with Crippen molar-refractivity contribution in [2.75, 3.05) is 39.9 Å². The average Bonchev–Trinajstić information content (AvgIpc) is 2.46. The number of hydrogen-bond acceptors (Lipinski definition) is 4. The molecule has 0 aromatic carbocycles. The molecule has 0 fully saturated rings. The third kappa shape index (κ3) is 15.2. The Kier molecular flexibility index (Phi) is 12.1. The highest BCUT2D eigenvalue weighted by Gasteiger charge is 2.15. The van der Waals surface area contributed by atoms with Crippen LogP contribution in [0.2, 0.25) is 0 Å². The van der Waals surface area contributed by atoms with E-state index in [1.54, 1.807) is 7.05 Å². The molecule has 0 unspecified atom stereocenters. The van der Waals surface area contributed by atoms with E-state index in [4.69, 9.17) is 9.47 Å². The summed E-state index contributed by atoms with van der Waals surface area (Å²) in [5.74, 6) is 0.777. The second-order valence-electron chi connectivity index (χ2n) is 6.11. The number of nitrogens with zero attached hydrogens (tertiary/aromatic N) is 1. The molecule has 3 N–H and O–H groups in total.